The fourth-order valence-corrected chi connectivity index (χ4v) is 2.41. The maximum Gasteiger partial charge on any atom is 0.221 e. The molecule has 0 bridgehead atoms. The smallest absolute Gasteiger partial charge is 0.221 e. The van der Waals surface area contributed by atoms with Crippen LogP contribution in [-0.2, 0) is 9.53 Å². The second-order valence-corrected chi connectivity index (χ2v) is 5.50. The summed E-state index contributed by atoms with van der Waals surface area (Å²) in [5.41, 5.74) is 0. The zero-order chi connectivity index (χ0) is 15.0. The summed E-state index contributed by atoms with van der Waals surface area (Å²) in [5, 5.41) is 6.13. The summed E-state index contributed by atoms with van der Waals surface area (Å²) >= 11 is 0. The highest BCUT2D eigenvalue weighted by Gasteiger charge is 2.24. The first-order valence-electron chi connectivity index (χ1n) is 7.30. The summed E-state index contributed by atoms with van der Waals surface area (Å²) in [6, 6.07) is 0.190. The second kappa shape index (κ2) is 8.79. The number of ether oxygens (including phenoxy) is 1. The normalized spacial score (nSPS) is 19.6. The van der Waals surface area contributed by atoms with Crippen molar-refractivity contribution in [2.75, 3.05) is 40.4 Å². The van der Waals surface area contributed by atoms with Crippen molar-refractivity contribution in [2.45, 2.75) is 32.7 Å². The number of carbonyl (C=O) groups excluding carboxylic acids is 1. The molecular weight excluding hydrogens is 256 g/mol. The molecule has 2 N–H and O–H groups in total. The molecule has 0 saturated carbocycles. The number of aliphatic imine (C=N–C) groups is 1. The largest absolute Gasteiger partial charge is 0.384 e. The van der Waals surface area contributed by atoms with Crippen LogP contribution in [0.15, 0.2) is 4.99 Å². The molecule has 1 amide bonds. The van der Waals surface area contributed by atoms with Crippen molar-refractivity contribution in [1.29, 1.82) is 0 Å². The molecule has 0 aliphatic carbocycles. The molecule has 1 unspecified atom stereocenters. The van der Waals surface area contributed by atoms with E-state index in [0.29, 0.717) is 18.9 Å². The Morgan fingerprint density at radius 2 is 2.25 bits per heavy atom. The molecule has 1 saturated heterocycles. The first-order valence-corrected chi connectivity index (χ1v) is 7.30. The molecule has 1 aliphatic heterocycles. The number of hydrogen-bond donors (Lipinski definition) is 2. The van der Waals surface area contributed by atoms with Gasteiger partial charge in [0.1, 0.15) is 0 Å². The number of likely N-dealkylation sites (tertiary alicyclic amines) is 1. The Balaban J connectivity index is 2.29. The van der Waals surface area contributed by atoms with E-state index in [9.17, 15) is 4.79 Å². The third kappa shape index (κ3) is 5.77. The average molecular weight is 284 g/mol. The van der Waals surface area contributed by atoms with Crippen molar-refractivity contribution in [3.8, 4) is 0 Å². The van der Waals surface area contributed by atoms with Crippen LogP contribution in [0.4, 0.5) is 0 Å². The van der Waals surface area contributed by atoms with Crippen LogP contribution in [0.25, 0.3) is 0 Å². The fraction of sp³-hybridized carbons (Fsp3) is 0.857. The lowest BCUT2D eigenvalue weighted by Gasteiger charge is -2.21. The molecule has 1 atom stereocenters. The average Bonchev–Trinajstić information content (AvgIpc) is 2.82. The molecule has 1 heterocycles. The van der Waals surface area contributed by atoms with Gasteiger partial charge in [-0.15, -0.1) is 0 Å². The number of nitrogens with zero attached hydrogens (tertiary/aromatic N) is 2. The minimum absolute atomic E-state index is 0.0710. The molecule has 1 rings (SSSR count). The van der Waals surface area contributed by atoms with Gasteiger partial charge in [-0.1, -0.05) is 0 Å². The van der Waals surface area contributed by atoms with E-state index in [2.05, 4.69) is 20.5 Å². The van der Waals surface area contributed by atoms with Gasteiger partial charge < -0.3 is 20.3 Å². The zero-order valence-electron chi connectivity index (χ0n) is 13.1. The number of carbonyl (C=O) groups is 1. The van der Waals surface area contributed by atoms with Crippen LogP contribution in [-0.4, -0.2) is 63.2 Å². The molecule has 0 spiro atoms. The zero-order valence-corrected chi connectivity index (χ0v) is 13.1. The summed E-state index contributed by atoms with van der Waals surface area (Å²) in [5.74, 6) is 1.52. The van der Waals surface area contributed by atoms with Crippen molar-refractivity contribution in [1.82, 2.24) is 15.5 Å². The Kier molecular flexibility index (Phi) is 7.36. The quantitative estimate of drug-likeness (QED) is 0.549. The molecule has 116 valence electrons. The van der Waals surface area contributed by atoms with Crippen molar-refractivity contribution < 1.29 is 9.53 Å². The van der Waals surface area contributed by atoms with Crippen molar-refractivity contribution in [3.05, 3.63) is 0 Å². The number of nitrogens with one attached hydrogen (secondary N) is 2. The Labute approximate surface area is 122 Å². The van der Waals surface area contributed by atoms with E-state index in [-0.39, 0.29) is 11.9 Å². The van der Waals surface area contributed by atoms with Crippen LogP contribution in [0.5, 0.6) is 0 Å². The Morgan fingerprint density at radius 1 is 1.50 bits per heavy atom. The molecular formula is C14H28N4O2. The van der Waals surface area contributed by atoms with Gasteiger partial charge in [0.05, 0.1) is 6.61 Å². The van der Waals surface area contributed by atoms with Gasteiger partial charge in [0.2, 0.25) is 5.91 Å². The van der Waals surface area contributed by atoms with Gasteiger partial charge in [-0.05, 0) is 20.3 Å². The van der Waals surface area contributed by atoms with Gasteiger partial charge in [0.15, 0.2) is 5.96 Å². The number of guanidine groups is 1. The molecule has 0 radical (unpaired) electrons. The SMILES string of the molecule is CN=C(NCCC(=O)NC(C)C)N1CCC(COC)C1. The number of hydrogen-bond acceptors (Lipinski definition) is 3. The molecule has 0 aromatic rings. The van der Waals surface area contributed by atoms with Gasteiger partial charge in [-0.25, -0.2) is 0 Å². The third-order valence-electron chi connectivity index (χ3n) is 3.28. The van der Waals surface area contributed by atoms with Crippen LogP contribution in [0, 0.1) is 5.92 Å². The van der Waals surface area contributed by atoms with Crippen molar-refractivity contribution >= 4 is 11.9 Å². The maximum atomic E-state index is 11.6. The summed E-state index contributed by atoms with van der Waals surface area (Å²) in [6.07, 6.45) is 1.59. The second-order valence-electron chi connectivity index (χ2n) is 5.50. The van der Waals surface area contributed by atoms with Gasteiger partial charge in [0.25, 0.3) is 0 Å². The minimum atomic E-state index is 0.0710. The molecule has 6 nitrogen and oxygen atoms in total. The topological polar surface area (TPSA) is 66.0 Å². The van der Waals surface area contributed by atoms with E-state index >= 15 is 0 Å². The highest BCUT2D eigenvalue weighted by molar-refractivity contribution is 5.81. The molecule has 1 fully saturated rings. The Bertz CT molecular complexity index is 331. The molecule has 0 aromatic heterocycles. The first-order chi connectivity index (χ1) is 9.56. The molecule has 20 heavy (non-hydrogen) atoms. The number of methoxy groups -OCH3 is 1. The number of rotatable bonds is 6. The van der Waals surface area contributed by atoms with E-state index in [4.69, 9.17) is 4.74 Å². The predicted molar refractivity (Wildman–Crippen MR) is 80.8 cm³/mol. The molecule has 6 heteroatoms. The Hall–Kier alpha value is -1.30. The highest BCUT2D eigenvalue weighted by atomic mass is 16.5. The summed E-state index contributed by atoms with van der Waals surface area (Å²) in [6.45, 7) is 7.29. The monoisotopic (exact) mass is 284 g/mol. The lowest BCUT2D eigenvalue weighted by Crippen LogP contribution is -2.42. The molecule has 1 aliphatic rings. The Morgan fingerprint density at radius 3 is 2.85 bits per heavy atom. The molecule has 0 aromatic carbocycles. The van der Waals surface area contributed by atoms with Crippen LogP contribution >= 0.6 is 0 Å². The van der Waals surface area contributed by atoms with Gasteiger partial charge in [0, 0.05) is 52.2 Å². The van der Waals surface area contributed by atoms with Crippen LogP contribution in [0.2, 0.25) is 0 Å². The minimum Gasteiger partial charge on any atom is -0.384 e. The summed E-state index contributed by atoms with van der Waals surface area (Å²) in [4.78, 5) is 18.1. The number of amides is 1. The first kappa shape index (κ1) is 16.8. The van der Waals surface area contributed by atoms with Gasteiger partial charge in [-0.2, -0.15) is 0 Å². The van der Waals surface area contributed by atoms with Crippen LogP contribution in [0.3, 0.4) is 0 Å². The van der Waals surface area contributed by atoms with E-state index < -0.39 is 0 Å². The third-order valence-corrected chi connectivity index (χ3v) is 3.28. The fourth-order valence-electron chi connectivity index (χ4n) is 2.41. The van der Waals surface area contributed by atoms with E-state index in [1.165, 1.54) is 0 Å². The van der Waals surface area contributed by atoms with Crippen molar-refractivity contribution in [2.24, 2.45) is 10.9 Å². The maximum absolute atomic E-state index is 11.6. The van der Waals surface area contributed by atoms with Gasteiger partial charge in [-0.3, -0.25) is 9.79 Å². The lowest BCUT2D eigenvalue weighted by molar-refractivity contribution is -0.121. The van der Waals surface area contributed by atoms with E-state index in [1.807, 2.05) is 13.8 Å². The van der Waals surface area contributed by atoms with Crippen LogP contribution in [0.1, 0.15) is 26.7 Å². The van der Waals surface area contributed by atoms with E-state index in [0.717, 1.165) is 32.1 Å². The van der Waals surface area contributed by atoms with E-state index in [1.54, 1.807) is 14.2 Å². The van der Waals surface area contributed by atoms with Gasteiger partial charge >= 0.3 is 0 Å². The standard InChI is InChI=1S/C14H28N4O2/c1-11(2)17-13(19)5-7-16-14(15-3)18-8-6-12(9-18)10-20-4/h11-12H,5-10H2,1-4H3,(H,15,16)(H,17,19). The summed E-state index contributed by atoms with van der Waals surface area (Å²) < 4.78 is 5.20. The predicted octanol–water partition coefficient (Wildman–Crippen LogP) is 0.445. The van der Waals surface area contributed by atoms with Crippen LogP contribution < -0.4 is 10.6 Å². The summed E-state index contributed by atoms with van der Waals surface area (Å²) in [7, 11) is 3.52. The highest BCUT2D eigenvalue weighted by Crippen LogP contribution is 2.16. The van der Waals surface area contributed by atoms with Crippen molar-refractivity contribution in [3.63, 3.8) is 0 Å². The lowest BCUT2D eigenvalue weighted by atomic mass is 10.1.